The number of carbonyl (C=O) groups is 2. The van der Waals surface area contributed by atoms with Crippen molar-refractivity contribution in [3.63, 3.8) is 0 Å². The molecule has 11 heteroatoms. The Morgan fingerprint density at radius 2 is 1.69 bits per heavy atom. The maximum absolute atomic E-state index is 13.2. The molecule has 0 spiro atoms. The lowest BCUT2D eigenvalue weighted by Crippen LogP contribution is -2.50. The minimum absolute atomic E-state index is 0.117. The Bertz CT molecular complexity index is 1160. The topological polar surface area (TPSA) is 121 Å². The lowest BCUT2D eigenvalue weighted by molar-refractivity contribution is -0.384. The number of non-ortho nitro benzene ring substituents is 1. The number of nitro benzene ring substituents is 1. The third-order valence-corrected chi connectivity index (χ3v) is 5.82. The number of rotatable bonds is 7. The van der Waals surface area contributed by atoms with Crippen LogP contribution < -0.4 is 15.5 Å². The summed E-state index contributed by atoms with van der Waals surface area (Å²) in [4.78, 5) is 39.2. The molecule has 1 aromatic heterocycles. The van der Waals surface area contributed by atoms with E-state index in [2.05, 4.69) is 20.4 Å². The van der Waals surface area contributed by atoms with Gasteiger partial charge in [-0.15, -0.1) is 0 Å². The number of nitrogens with one attached hydrogen (secondary N) is 2. The first-order chi connectivity index (χ1) is 16.9. The quantitative estimate of drug-likeness (QED) is 0.302. The van der Waals surface area contributed by atoms with Crippen LogP contribution in [-0.4, -0.2) is 54.4 Å². The Kier molecular flexibility index (Phi) is 7.36. The fourth-order valence-electron chi connectivity index (χ4n) is 3.96. The van der Waals surface area contributed by atoms with Crippen molar-refractivity contribution in [1.82, 2.24) is 10.2 Å². The molecule has 2 amide bonds. The molecule has 35 heavy (non-hydrogen) atoms. The number of amides is 2. The maximum atomic E-state index is 13.2. The highest BCUT2D eigenvalue weighted by atomic mass is 19.1. The van der Waals surface area contributed by atoms with Crippen molar-refractivity contribution in [2.75, 3.05) is 42.9 Å². The van der Waals surface area contributed by atoms with Gasteiger partial charge in [0.15, 0.2) is 0 Å². The Labute approximate surface area is 200 Å². The highest BCUT2D eigenvalue weighted by Gasteiger charge is 2.28. The van der Waals surface area contributed by atoms with Crippen molar-refractivity contribution in [3.8, 4) is 0 Å². The van der Waals surface area contributed by atoms with E-state index in [1.165, 1.54) is 36.4 Å². The number of hydrogen-bond acceptors (Lipinski definition) is 7. The molecule has 2 aromatic carbocycles. The standard InChI is InChI=1S/C24H24FN5O5/c25-17-3-7-19(8-4-17)28-11-13-29(14-12-28)21(22-2-1-15-35-22)16-26-23(31)24(32)27-18-5-9-20(10-6-18)30(33)34/h1-10,15,21H,11-14,16H2,(H,26,31)(H,27,32). The third-order valence-electron chi connectivity index (χ3n) is 5.82. The number of hydrogen-bond donors (Lipinski definition) is 2. The van der Waals surface area contributed by atoms with E-state index in [-0.39, 0.29) is 29.8 Å². The van der Waals surface area contributed by atoms with Crippen LogP contribution >= 0.6 is 0 Å². The molecule has 3 aromatic rings. The van der Waals surface area contributed by atoms with Crippen molar-refractivity contribution in [2.45, 2.75) is 6.04 Å². The molecule has 1 fully saturated rings. The maximum Gasteiger partial charge on any atom is 0.313 e. The molecule has 2 N–H and O–H groups in total. The van der Waals surface area contributed by atoms with Gasteiger partial charge in [0, 0.05) is 56.2 Å². The molecule has 1 aliphatic rings. The van der Waals surface area contributed by atoms with E-state index in [9.17, 15) is 24.1 Å². The van der Waals surface area contributed by atoms with Crippen LogP contribution in [0.25, 0.3) is 0 Å². The Morgan fingerprint density at radius 1 is 1.00 bits per heavy atom. The normalized spacial score (nSPS) is 14.8. The lowest BCUT2D eigenvalue weighted by Gasteiger charge is -2.39. The van der Waals surface area contributed by atoms with Gasteiger partial charge in [-0.25, -0.2) is 4.39 Å². The molecule has 1 atom stereocenters. The number of benzene rings is 2. The minimum Gasteiger partial charge on any atom is -0.468 e. The van der Waals surface area contributed by atoms with Crippen LogP contribution in [0.1, 0.15) is 11.8 Å². The van der Waals surface area contributed by atoms with Crippen LogP contribution in [0.2, 0.25) is 0 Å². The van der Waals surface area contributed by atoms with Gasteiger partial charge in [0.25, 0.3) is 5.69 Å². The molecule has 4 rings (SSSR count). The highest BCUT2D eigenvalue weighted by Crippen LogP contribution is 2.24. The first-order valence-electron chi connectivity index (χ1n) is 11.0. The number of nitrogens with zero attached hydrogens (tertiary/aromatic N) is 3. The number of piperazine rings is 1. The van der Waals surface area contributed by atoms with Crippen LogP contribution in [0.15, 0.2) is 71.3 Å². The smallest absolute Gasteiger partial charge is 0.313 e. The van der Waals surface area contributed by atoms with Crippen LogP contribution in [0, 0.1) is 15.9 Å². The number of furan rings is 1. The first kappa shape index (κ1) is 23.9. The molecule has 0 saturated carbocycles. The molecule has 1 saturated heterocycles. The van der Waals surface area contributed by atoms with Gasteiger partial charge in [-0.1, -0.05) is 0 Å². The molecular formula is C24H24FN5O5. The van der Waals surface area contributed by atoms with Crippen molar-refractivity contribution < 1.29 is 23.3 Å². The zero-order chi connectivity index (χ0) is 24.8. The summed E-state index contributed by atoms with van der Waals surface area (Å²) < 4.78 is 18.8. The second-order valence-corrected chi connectivity index (χ2v) is 8.00. The third kappa shape index (κ3) is 6.01. The molecule has 10 nitrogen and oxygen atoms in total. The highest BCUT2D eigenvalue weighted by molar-refractivity contribution is 6.39. The van der Waals surface area contributed by atoms with Gasteiger partial charge < -0.3 is 20.0 Å². The molecule has 0 bridgehead atoms. The van der Waals surface area contributed by atoms with Crippen molar-refractivity contribution in [2.24, 2.45) is 0 Å². The zero-order valence-corrected chi connectivity index (χ0v) is 18.7. The Hall–Kier alpha value is -4.25. The van der Waals surface area contributed by atoms with Gasteiger partial charge in [-0.2, -0.15) is 0 Å². The summed E-state index contributed by atoms with van der Waals surface area (Å²) in [6.07, 6.45) is 1.56. The van der Waals surface area contributed by atoms with Crippen LogP contribution in [0.5, 0.6) is 0 Å². The number of nitro groups is 1. The molecule has 2 heterocycles. The van der Waals surface area contributed by atoms with Gasteiger partial charge in [-0.3, -0.25) is 24.6 Å². The largest absolute Gasteiger partial charge is 0.468 e. The predicted octanol–water partition coefficient (Wildman–Crippen LogP) is 2.95. The first-order valence-corrected chi connectivity index (χ1v) is 11.0. The lowest BCUT2D eigenvalue weighted by atomic mass is 10.1. The van der Waals surface area contributed by atoms with Crippen LogP contribution in [0.4, 0.5) is 21.5 Å². The van der Waals surface area contributed by atoms with E-state index in [1.807, 2.05) is 6.07 Å². The molecule has 0 aliphatic carbocycles. The predicted molar refractivity (Wildman–Crippen MR) is 126 cm³/mol. The summed E-state index contributed by atoms with van der Waals surface area (Å²) >= 11 is 0. The fourth-order valence-corrected chi connectivity index (χ4v) is 3.96. The zero-order valence-electron chi connectivity index (χ0n) is 18.7. The summed E-state index contributed by atoms with van der Waals surface area (Å²) in [5.74, 6) is -1.32. The average molecular weight is 481 g/mol. The van der Waals surface area contributed by atoms with Gasteiger partial charge in [-0.05, 0) is 48.5 Å². The average Bonchev–Trinajstić information content (AvgIpc) is 3.40. The van der Waals surface area contributed by atoms with Crippen molar-refractivity contribution >= 4 is 28.9 Å². The van der Waals surface area contributed by atoms with Gasteiger partial charge in [0.2, 0.25) is 0 Å². The van der Waals surface area contributed by atoms with E-state index in [0.717, 1.165) is 5.69 Å². The Balaban J connectivity index is 1.34. The van der Waals surface area contributed by atoms with E-state index >= 15 is 0 Å². The van der Waals surface area contributed by atoms with Gasteiger partial charge >= 0.3 is 11.8 Å². The van der Waals surface area contributed by atoms with E-state index in [0.29, 0.717) is 31.9 Å². The molecule has 1 unspecified atom stereocenters. The molecule has 182 valence electrons. The SMILES string of the molecule is O=C(NCC(c1ccco1)N1CCN(c2ccc(F)cc2)CC1)C(=O)Nc1ccc([N+](=O)[O-])cc1. The summed E-state index contributed by atoms with van der Waals surface area (Å²) in [5, 5.41) is 15.8. The second kappa shape index (κ2) is 10.8. The molecular weight excluding hydrogens is 457 g/mol. The summed E-state index contributed by atoms with van der Waals surface area (Å²) in [7, 11) is 0. The van der Waals surface area contributed by atoms with E-state index in [4.69, 9.17) is 4.42 Å². The Morgan fingerprint density at radius 3 is 2.29 bits per heavy atom. The van der Waals surface area contributed by atoms with Crippen molar-refractivity contribution in [3.05, 3.63) is 88.6 Å². The number of anilines is 2. The fraction of sp³-hybridized carbons (Fsp3) is 0.250. The summed E-state index contributed by atoms with van der Waals surface area (Å²) in [6.45, 7) is 2.91. The van der Waals surface area contributed by atoms with E-state index < -0.39 is 16.7 Å². The summed E-state index contributed by atoms with van der Waals surface area (Å²) in [6, 6.07) is 14.9. The number of carbonyl (C=O) groups excluding carboxylic acids is 2. The molecule has 1 aliphatic heterocycles. The van der Waals surface area contributed by atoms with Crippen LogP contribution in [0.3, 0.4) is 0 Å². The monoisotopic (exact) mass is 481 g/mol. The minimum atomic E-state index is -0.877. The second-order valence-electron chi connectivity index (χ2n) is 8.00. The molecule has 0 radical (unpaired) electrons. The van der Waals surface area contributed by atoms with E-state index in [1.54, 1.807) is 24.5 Å². The van der Waals surface area contributed by atoms with Crippen LogP contribution in [-0.2, 0) is 9.59 Å². The summed E-state index contributed by atoms with van der Waals surface area (Å²) in [5.41, 5.74) is 1.10. The van der Waals surface area contributed by atoms with Gasteiger partial charge in [0.1, 0.15) is 11.6 Å². The van der Waals surface area contributed by atoms with Gasteiger partial charge in [0.05, 0.1) is 17.2 Å². The van der Waals surface area contributed by atoms with Crippen molar-refractivity contribution in [1.29, 1.82) is 0 Å². The number of halogens is 1.